The molecule has 29 heavy (non-hydrogen) atoms. The zero-order valence-electron chi connectivity index (χ0n) is 15.3. The number of anilines is 1. The highest BCUT2D eigenvalue weighted by molar-refractivity contribution is 7.15. The maximum atomic E-state index is 12.4. The van der Waals surface area contributed by atoms with Gasteiger partial charge in [0, 0.05) is 27.5 Å². The molecule has 5 nitrogen and oxygen atoms in total. The van der Waals surface area contributed by atoms with E-state index in [1.807, 2.05) is 6.07 Å². The molecular formula is C21H15Cl2N3O2S. The number of benzene rings is 2. The van der Waals surface area contributed by atoms with Crippen molar-refractivity contribution in [1.82, 2.24) is 4.98 Å². The number of ether oxygens (including phenoxy) is 1. The van der Waals surface area contributed by atoms with Crippen molar-refractivity contribution in [3.8, 4) is 11.8 Å². The predicted molar refractivity (Wildman–Crippen MR) is 117 cm³/mol. The number of hydrogen-bond donors (Lipinski definition) is 1. The van der Waals surface area contributed by atoms with E-state index in [9.17, 15) is 10.1 Å². The van der Waals surface area contributed by atoms with E-state index in [2.05, 4.69) is 10.3 Å². The Hall–Kier alpha value is -2.85. The summed E-state index contributed by atoms with van der Waals surface area (Å²) in [5, 5.41) is 13.6. The SMILES string of the molecule is COc1ccc(/C=C(\C#N)C(=O)Nc2ncc(Cc3cc(Cl)ccc3Cl)s2)cc1. The Morgan fingerprint density at radius 3 is 2.72 bits per heavy atom. The number of carbonyl (C=O) groups is 1. The Morgan fingerprint density at radius 1 is 1.28 bits per heavy atom. The first-order valence-electron chi connectivity index (χ1n) is 8.44. The number of nitrogens with zero attached hydrogens (tertiary/aromatic N) is 2. The van der Waals surface area contributed by atoms with Crippen molar-refractivity contribution in [2.75, 3.05) is 12.4 Å². The monoisotopic (exact) mass is 443 g/mol. The standard InChI is InChI=1S/C21H15Cl2N3O2S/c1-28-17-5-2-13(3-6-17)8-15(11-24)20(27)26-21-25-12-18(29-21)10-14-9-16(22)4-7-19(14)23/h2-9,12H,10H2,1H3,(H,25,26,27)/b15-8+. The quantitative estimate of drug-likeness (QED) is 0.397. The molecule has 1 amide bonds. The van der Waals surface area contributed by atoms with E-state index < -0.39 is 5.91 Å². The average Bonchev–Trinajstić information content (AvgIpc) is 3.16. The first kappa shape index (κ1) is 20.9. The van der Waals surface area contributed by atoms with Crippen LogP contribution >= 0.6 is 34.5 Å². The Bertz CT molecular complexity index is 1100. The fourth-order valence-electron chi connectivity index (χ4n) is 2.49. The molecule has 0 spiro atoms. The molecular weight excluding hydrogens is 429 g/mol. The summed E-state index contributed by atoms with van der Waals surface area (Å²) >= 11 is 13.5. The third-order valence-electron chi connectivity index (χ3n) is 3.94. The molecule has 8 heteroatoms. The van der Waals surface area contributed by atoms with E-state index in [1.165, 1.54) is 17.4 Å². The van der Waals surface area contributed by atoms with Crippen molar-refractivity contribution in [3.63, 3.8) is 0 Å². The minimum atomic E-state index is -0.523. The molecule has 3 aromatic rings. The van der Waals surface area contributed by atoms with E-state index in [0.29, 0.717) is 32.9 Å². The molecule has 0 aliphatic rings. The number of thiazole rings is 1. The molecule has 1 aromatic heterocycles. The van der Waals surface area contributed by atoms with Gasteiger partial charge in [0.15, 0.2) is 5.13 Å². The first-order valence-corrected chi connectivity index (χ1v) is 10.0. The molecule has 0 atom stereocenters. The normalized spacial score (nSPS) is 11.0. The number of rotatable bonds is 6. The van der Waals surface area contributed by atoms with Gasteiger partial charge in [-0.3, -0.25) is 10.1 Å². The van der Waals surface area contributed by atoms with E-state index >= 15 is 0 Å². The van der Waals surface area contributed by atoms with Gasteiger partial charge in [0.05, 0.1) is 7.11 Å². The van der Waals surface area contributed by atoms with Gasteiger partial charge in [-0.1, -0.05) is 35.3 Å². The summed E-state index contributed by atoms with van der Waals surface area (Å²) in [4.78, 5) is 17.6. The van der Waals surface area contributed by atoms with Gasteiger partial charge in [0.2, 0.25) is 0 Å². The smallest absolute Gasteiger partial charge is 0.268 e. The lowest BCUT2D eigenvalue weighted by molar-refractivity contribution is -0.112. The third-order valence-corrected chi connectivity index (χ3v) is 5.45. The molecule has 2 aromatic carbocycles. The lowest BCUT2D eigenvalue weighted by Gasteiger charge is -2.03. The van der Waals surface area contributed by atoms with Crippen LogP contribution < -0.4 is 10.1 Å². The van der Waals surface area contributed by atoms with Crippen LogP contribution in [0.4, 0.5) is 5.13 Å². The van der Waals surface area contributed by atoms with Gasteiger partial charge >= 0.3 is 0 Å². The first-order chi connectivity index (χ1) is 14.0. The molecule has 0 saturated heterocycles. The number of halogens is 2. The highest BCUT2D eigenvalue weighted by Crippen LogP contribution is 2.27. The van der Waals surface area contributed by atoms with Crippen LogP contribution in [0, 0.1) is 11.3 Å². The fourth-order valence-corrected chi connectivity index (χ4v) is 3.70. The largest absolute Gasteiger partial charge is 0.497 e. The zero-order chi connectivity index (χ0) is 20.8. The fraction of sp³-hybridized carbons (Fsp3) is 0.0952. The predicted octanol–water partition coefficient (Wildman–Crippen LogP) is 5.59. The minimum absolute atomic E-state index is 0.0233. The molecule has 0 fully saturated rings. The van der Waals surface area contributed by atoms with Crippen LogP contribution in [-0.4, -0.2) is 18.0 Å². The Balaban J connectivity index is 1.70. The van der Waals surface area contributed by atoms with Gasteiger partial charge in [-0.25, -0.2) is 4.98 Å². The van der Waals surface area contributed by atoms with E-state index in [4.69, 9.17) is 27.9 Å². The van der Waals surface area contributed by atoms with Crippen LogP contribution in [0.25, 0.3) is 6.08 Å². The van der Waals surface area contributed by atoms with Crippen LogP contribution in [0.1, 0.15) is 16.0 Å². The van der Waals surface area contributed by atoms with E-state index in [0.717, 1.165) is 10.4 Å². The highest BCUT2D eigenvalue weighted by atomic mass is 35.5. The topological polar surface area (TPSA) is 75.0 Å². The molecule has 0 aliphatic heterocycles. The Labute approximate surface area is 182 Å². The highest BCUT2D eigenvalue weighted by Gasteiger charge is 2.13. The van der Waals surface area contributed by atoms with Crippen molar-refractivity contribution in [3.05, 3.63) is 80.3 Å². The lowest BCUT2D eigenvalue weighted by Crippen LogP contribution is -2.13. The number of methoxy groups -OCH3 is 1. The van der Waals surface area contributed by atoms with E-state index in [-0.39, 0.29) is 5.57 Å². The molecule has 0 radical (unpaired) electrons. The van der Waals surface area contributed by atoms with Crippen molar-refractivity contribution in [2.24, 2.45) is 0 Å². The van der Waals surface area contributed by atoms with Crippen molar-refractivity contribution in [1.29, 1.82) is 5.26 Å². The second-order valence-electron chi connectivity index (χ2n) is 5.94. The molecule has 0 bridgehead atoms. The Morgan fingerprint density at radius 2 is 2.03 bits per heavy atom. The van der Waals surface area contributed by atoms with Crippen LogP contribution in [0.5, 0.6) is 5.75 Å². The van der Waals surface area contributed by atoms with Gasteiger partial charge in [-0.05, 0) is 47.5 Å². The summed E-state index contributed by atoms with van der Waals surface area (Å²) in [7, 11) is 1.57. The average molecular weight is 444 g/mol. The minimum Gasteiger partial charge on any atom is -0.497 e. The molecule has 146 valence electrons. The Kier molecular flexibility index (Phi) is 6.89. The summed E-state index contributed by atoms with van der Waals surface area (Å²) in [5.74, 6) is 0.172. The van der Waals surface area contributed by atoms with Crippen molar-refractivity contribution < 1.29 is 9.53 Å². The third kappa shape index (κ3) is 5.58. The molecule has 0 aliphatic carbocycles. The number of carbonyl (C=O) groups excluding carboxylic acids is 1. The zero-order valence-corrected chi connectivity index (χ0v) is 17.6. The van der Waals surface area contributed by atoms with Gasteiger partial charge in [0.25, 0.3) is 5.91 Å². The second-order valence-corrected chi connectivity index (χ2v) is 7.90. The number of aromatic nitrogens is 1. The molecule has 1 heterocycles. The van der Waals surface area contributed by atoms with Crippen molar-refractivity contribution >= 4 is 51.7 Å². The van der Waals surface area contributed by atoms with Crippen LogP contribution in [-0.2, 0) is 11.2 Å². The second kappa shape index (κ2) is 9.57. The summed E-state index contributed by atoms with van der Waals surface area (Å²) in [6.07, 6.45) is 3.71. The summed E-state index contributed by atoms with van der Waals surface area (Å²) in [6, 6.07) is 14.2. The maximum Gasteiger partial charge on any atom is 0.268 e. The lowest BCUT2D eigenvalue weighted by atomic mass is 10.1. The maximum absolute atomic E-state index is 12.4. The molecule has 3 rings (SSSR count). The molecule has 0 unspecified atom stereocenters. The van der Waals surface area contributed by atoms with E-state index in [1.54, 1.807) is 55.8 Å². The van der Waals surface area contributed by atoms with Gasteiger partial charge in [-0.15, -0.1) is 11.3 Å². The number of amides is 1. The summed E-state index contributed by atoms with van der Waals surface area (Å²) in [5.41, 5.74) is 1.57. The van der Waals surface area contributed by atoms with Crippen LogP contribution in [0.15, 0.2) is 54.2 Å². The summed E-state index contributed by atoms with van der Waals surface area (Å²) in [6.45, 7) is 0. The van der Waals surface area contributed by atoms with Gasteiger partial charge < -0.3 is 4.74 Å². The number of nitriles is 1. The number of nitrogens with one attached hydrogen (secondary N) is 1. The van der Waals surface area contributed by atoms with Crippen LogP contribution in [0.3, 0.4) is 0 Å². The van der Waals surface area contributed by atoms with Gasteiger partial charge in [-0.2, -0.15) is 5.26 Å². The summed E-state index contributed by atoms with van der Waals surface area (Å²) < 4.78 is 5.10. The van der Waals surface area contributed by atoms with Crippen molar-refractivity contribution in [2.45, 2.75) is 6.42 Å². The number of hydrogen-bond acceptors (Lipinski definition) is 5. The van der Waals surface area contributed by atoms with Crippen LogP contribution in [0.2, 0.25) is 10.0 Å². The van der Waals surface area contributed by atoms with Gasteiger partial charge in [0.1, 0.15) is 17.4 Å². The molecule has 0 saturated carbocycles. The molecule has 1 N–H and O–H groups in total.